The lowest BCUT2D eigenvalue weighted by Gasteiger charge is -2.17. The third kappa shape index (κ3) is 3.00. The van der Waals surface area contributed by atoms with Gasteiger partial charge in [0.2, 0.25) is 0 Å². The largest absolute Gasteiger partial charge is 0.380 e. The molecule has 0 aromatic heterocycles. The van der Waals surface area contributed by atoms with Crippen LogP contribution in [0.5, 0.6) is 0 Å². The molecule has 0 radical (unpaired) electrons. The number of non-ortho nitro benzene ring substituents is 1. The maximum atomic E-state index is 10.7. The number of anilines is 1. The number of likely N-dealkylation sites (tertiary alicyclic amines) is 1. The second kappa shape index (κ2) is 5.24. The SMILES string of the molecule is O=[N+]([O-])c1ccc(NC2CCN(C3CC3)C2)c(I)c1. The minimum absolute atomic E-state index is 0.154. The normalized spacial score (nSPS) is 23.5. The second-order valence-electron chi connectivity index (χ2n) is 5.28. The van der Waals surface area contributed by atoms with Crippen LogP contribution >= 0.6 is 22.6 Å². The molecule has 102 valence electrons. The Morgan fingerprint density at radius 1 is 1.37 bits per heavy atom. The van der Waals surface area contributed by atoms with Crippen LogP contribution in [-0.4, -0.2) is 35.0 Å². The molecular formula is C13H16IN3O2. The van der Waals surface area contributed by atoms with Gasteiger partial charge in [-0.25, -0.2) is 0 Å². The Labute approximate surface area is 125 Å². The summed E-state index contributed by atoms with van der Waals surface area (Å²) in [4.78, 5) is 12.9. The summed E-state index contributed by atoms with van der Waals surface area (Å²) in [6.45, 7) is 2.27. The summed E-state index contributed by atoms with van der Waals surface area (Å²) in [5, 5.41) is 14.2. The number of nitrogens with zero attached hydrogens (tertiary/aromatic N) is 2. The van der Waals surface area contributed by atoms with Gasteiger partial charge in [0, 0.05) is 46.6 Å². The molecule has 2 aliphatic rings. The molecule has 0 amide bonds. The zero-order valence-electron chi connectivity index (χ0n) is 10.5. The predicted molar refractivity (Wildman–Crippen MR) is 82.4 cm³/mol. The standard InChI is InChI=1S/C13H16IN3O2/c14-12-7-11(17(18)19)3-4-13(12)15-9-5-6-16(8-9)10-1-2-10/h3-4,7,9-10,15H,1-2,5-6,8H2. The van der Waals surface area contributed by atoms with Crippen molar-refractivity contribution in [3.63, 3.8) is 0 Å². The van der Waals surface area contributed by atoms with Gasteiger partial charge in [-0.05, 0) is 47.9 Å². The first kappa shape index (κ1) is 13.1. The minimum atomic E-state index is -0.351. The average Bonchev–Trinajstić information content (AvgIpc) is 3.12. The smallest absolute Gasteiger partial charge is 0.270 e. The van der Waals surface area contributed by atoms with Crippen molar-refractivity contribution in [2.24, 2.45) is 0 Å². The van der Waals surface area contributed by atoms with E-state index >= 15 is 0 Å². The molecule has 3 rings (SSSR count). The Bertz CT molecular complexity index is 505. The van der Waals surface area contributed by atoms with Crippen LogP contribution in [0.4, 0.5) is 11.4 Å². The number of nitro benzene ring substituents is 1. The predicted octanol–water partition coefficient (Wildman–Crippen LogP) is 2.85. The van der Waals surface area contributed by atoms with Crippen molar-refractivity contribution in [1.82, 2.24) is 4.90 Å². The van der Waals surface area contributed by atoms with Crippen molar-refractivity contribution in [1.29, 1.82) is 0 Å². The van der Waals surface area contributed by atoms with Crippen LogP contribution in [0.15, 0.2) is 18.2 Å². The Morgan fingerprint density at radius 3 is 2.79 bits per heavy atom. The molecular weight excluding hydrogens is 357 g/mol. The molecule has 1 aromatic rings. The lowest BCUT2D eigenvalue weighted by molar-refractivity contribution is -0.384. The van der Waals surface area contributed by atoms with Crippen molar-refractivity contribution >= 4 is 34.0 Å². The van der Waals surface area contributed by atoms with E-state index in [1.807, 2.05) is 6.07 Å². The second-order valence-corrected chi connectivity index (χ2v) is 6.44. The molecule has 6 heteroatoms. The molecule has 0 bridgehead atoms. The first-order valence-electron chi connectivity index (χ1n) is 6.58. The topological polar surface area (TPSA) is 58.4 Å². The van der Waals surface area contributed by atoms with E-state index in [0.717, 1.165) is 28.3 Å². The molecule has 0 spiro atoms. The highest BCUT2D eigenvalue weighted by atomic mass is 127. The maximum absolute atomic E-state index is 10.7. The third-order valence-electron chi connectivity index (χ3n) is 3.81. The molecule has 1 atom stereocenters. The van der Waals surface area contributed by atoms with Gasteiger partial charge in [-0.1, -0.05) is 0 Å². The van der Waals surface area contributed by atoms with Gasteiger partial charge in [-0.2, -0.15) is 0 Å². The van der Waals surface area contributed by atoms with Gasteiger partial charge in [0.05, 0.1) is 4.92 Å². The van der Waals surface area contributed by atoms with E-state index in [0.29, 0.717) is 6.04 Å². The van der Waals surface area contributed by atoms with Gasteiger partial charge in [0.25, 0.3) is 5.69 Å². The average molecular weight is 373 g/mol. The van der Waals surface area contributed by atoms with Crippen LogP contribution in [0.25, 0.3) is 0 Å². The maximum Gasteiger partial charge on any atom is 0.270 e. The van der Waals surface area contributed by atoms with Crippen LogP contribution < -0.4 is 5.32 Å². The van der Waals surface area contributed by atoms with Crippen molar-refractivity contribution in [3.8, 4) is 0 Å². The Hall–Kier alpha value is -0.890. The number of benzene rings is 1. The molecule has 1 aromatic carbocycles. The molecule has 5 nitrogen and oxygen atoms in total. The van der Waals surface area contributed by atoms with Crippen LogP contribution in [0.3, 0.4) is 0 Å². The van der Waals surface area contributed by atoms with Crippen molar-refractivity contribution in [2.75, 3.05) is 18.4 Å². The zero-order chi connectivity index (χ0) is 13.4. The molecule has 19 heavy (non-hydrogen) atoms. The summed E-state index contributed by atoms with van der Waals surface area (Å²) < 4.78 is 0.914. The number of nitrogens with one attached hydrogen (secondary N) is 1. The molecule has 1 aliphatic heterocycles. The Morgan fingerprint density at radius 2 is 2.16 bits per heavy atom. The van der Waals surface area contributed by atoms with E-state index in [9.17, 15) is 10.1 Å². The lowest BCUT2D eigenvalue weighted by Crippen LogP contribution is -2.27. The Kier molecular flexibility index (Phi) is 3.62. The molecule has 1 unspecified atom stereocenters. The van der Waals surface area contributed by atoms with Crippen molar-refractivity contribution in [3.05, 3.63) is 31.9 Å². The molecule has 2 fully saturated rings. The van der Waals surface area contributed by atoms with E-state index in [1.165, 1.54) is 19.4 Å². The van der Waals surface area contributed by atoms with E-state index in [-0.39, 0.29) is 10.6 Å². The highest BCUT2D eigenvalue weighted by molar-refractivity contribution is 14.1. The van der Waals surface area contributed by atoms with E-state index in [2.05, 4.69) is 32.8 Å². The monoisotopic (exact) mass is 373 g/mol. The van der Waals surface area contributed by atoms with Crippen LogP contribution in [0, 0.1) is 13.7 Å². The molecule has 1 saturated carbocycles. The summed E-state index contributed by atoms with van der Waals surface area (Å²) in [5.74, 6) is 0. The van der Waals surface area contributed by atoms with Gasteiger partial charge in [-0.15, -0.1) is 0 Å². The van der Waals surface area contributed by atoms with Crippen LogP contribution in [0.2, 0.25) is 0 Å². The van der Waals surface area contributed by atoms with Crippen molar-refractivity contribution in [2.45, 2.75) is 31.3 Å². The molecule has 1 aliphatic carbocycles. The van der Waals surface area contributed by atoms with E-state index in [4.69, 9.17) is 0 Å². The number of nitro groups is 1. The van der Waals surface area contributed by atoms with Gasteiger partial charge < -0.3 is 5.32 Å². The quantitative estimate of drug-likeness (QED) is 0.501. The highest BCUT2D eigenvalue weighted by Gasteiger charge is 2.34. The van der Waals surface area contributed by atoms with Crippen LogP contribution in [-0.2, 0) is 0 Å². The van der Waals surface area contributed by atoms with E-state index < -0.39 is 0 Å². The van der Waals surface area contributed by atoms with Gasteiger partial charge in [0.1, 0.15) is 0 Å². The molecule has 1 saturated heterocycles. The first-order valence-corrected chi connectivity index (χ1v) is 7.66. The van der Waals surface area contributed by atoms with Crippen molar-refractivity contribution < 1.29 is 4.92 Å². The number of hydrogen-bond acceptors (Lipinski definition) is 4. The summed E-state index contributed by atoms with van der Waals surface area (Å²) in [6.07, 6.45) is 3.85. The Balaban J connectivity index is 1.65. The van der Waals surface area contributed by atoms with Gasteiger partial charge in [0.15, 0.2) is 0 Å². The van der Waals surface area contributed by atoms with Gasteiger partial charge in [-0.3, -0.25) is 15.0 Å². The fraction of sp³-hybridized carbons (Fsp3) is 0.538. The van der Waals surface area contributed by atoms with Crippen LogP contribution in [0.1, 0.15) is 19.3 Å². The fourth-order valence-electron chi connectivity index (χ4n) is 2.63. The summed E-state index contributed by atoms with van der Waals surface area (Å²) >= 11 is 2.16. The fourth-order valence-corrected chi connectivity index (χ4v) is 3.29. The minimum Gasteiger partial charge on any atom is -0.380 e. The zero-order valence-corrected chi connectivity index (χ0v) is 12.7. The lowest BCUT2D eigenvalue weighted by atomic mass is 10.2. The number of hydrogen-bond donors (Lipinski definition) is 1. The number of halogens is 1. The summed E-state index contributed by atoms with van der Waals surface area (Å²) in [6, 6.07) is 6.30. The molecule has 1 heterocycles. The van der Waals surface area contributed by atoms with E-state index in [1.54, 1.807) is 12.1 Å². The number of rotatable bonds is 4. The summed E-state index contributed by atoms with van der Waals surface area (Å²) in [5.41, 5.74) is 1.16. The third-order valence-corrected chi connectivity index (χ3v) is 4.70. The first-order chi connectivity index (χ1) is 9.13. The molecule has 1 N–H and O–H groups in total. The van der Waals surface area contributed by atoms with Gasteiger partial charge >= 0.3 is 0 Å². The summed E-state index contributed by atoms with van der Waals surface area (Å²) in [7, 11) is 0. The highest BCUT2D eigenvalue weighted by Crippen LogP contribution is 2.31.